The van der Waals surface area contributed by atoms with E-state index >= 15 is 0 Å². The normalized spacial score (nSPS) is 11.2. The lowest BCUT2D eigenvalue weighted by molar-refractivity contribution is 0.439. The van der Waals surface area contributed by atoms with Gasteiger partial charge in [-0.15, -0.1) is 0 Å². The van der Waals surface area contributed by atoms with Crippen LogP contribution >= 0.6 is 0 Å². The molecule has 3 nitrogen and oxygen atoms in total. The summed E-state index contributed by atoms with van der Waals surface area (Å²) in [6.45, 7) is 0. The first kappa shape index (κ1) is 8.92. The van der Waals surface area contributed by atoms with E-state index in [0.29, 0.717) is 0 Å². The fourth-order valence-electron chi connectivity index (χ4n) is 0.605. The first-order chi connectivity index (χ1) is 5.47. The second kappa shape index (κ2) is 3.06. The van der Waals surface area contributed by atoms with Gasteiger partial charge in [-0.25, -0.2) is 4.39 Å². The van der Waals surface area contributed by atoms with Crippen LogP contribution < -0.4 is 4.18 Å². The Morgan fingerprint density at radius 1 is 1.17 bits per heavy atom. The topological polar surface area (TPSA) is 43.4 Å². The average Bonchev–Trinajstić information content (AvgIpc) is 1.91. The molecule has 0 aliphatic rings. The zero-order valence-electron chi connectivity index (χ0n) is 5.70. The van der Waals surface area contributed by atoms with Gasteiger partial charge in [0.05, 0.1) is 0 Å². The summed E-state index contributed by atoms with van der Waals surface area (Å²) in [5.74, 6) is -0.822. The Morgan fingerprint density at radius 2 is 1.67 bits per heavy atom. The molecule has 0 fully saturated rings. The summed E-state index contributed by atoms with van der Waals surface area (Å²) in [6.07, 6.45) is 0. The minimum absolute atomic E-state index is 0.265. The highest BCUT2D eigenvalue weighted by molar-refractivity contribution is 7.81. The maximum atomic E-state index is 12.2. The molecule has 12 heavy (non-hydrogen) atoms. The van der Waals surface area contributed by atoms with E-state index < -0.39 is 16.3 Å². The smallest absolute Gasteiger partial charge is 0.358 e. The summed E-state index contributed by atoms with van der Waals surface area (Å²) in [4.78, 5) is 0. The van der Waals surface area contributed by atoms with E-state index in [0.717, 1.165) is 24.3 Å². The number of benzene rings is 1. The van der Waals surface area contributed by atoms with Gasteiger partial charge in [0.2, 0.25) is 0 Å². The molecule has 0 saturated heterocycles. The second-order valence-corrected chi connectivity index (χ2v) is 2.88. The van der Waals surface area contributed by atoms with E-state index in [1.807, 2.05) is 0 Å². The molecule has 0 aliphatic carbocycles. The van der Waals surface area contributed by atoms with Crippen LogP contribution in [0, 0.1) is 5.82 Å². The van der Waals surface area contributed by atoms with Crippen molar-refractivity contribution in [3.8, 4) is 5.75 Å². The van der Waals surface area contributed by atoms with Crippen LogP contribution in [0.1, 0.15) is 0 Å². The van der Waals surface area contributed by atoms with E-state index in [1.54, 1.807) is 0 Å². The van der Waals surface area contributed by atoms with Crippen LogP contribution in [0.2, 0.25) is 0 Å². The lowest BCUT2D eigenvalue weighted by Crippen LogP contribution is -2.00. The Balaban J connectivity index is 2.85. The van der Waals surface area contributed by atoms with Gasteiger partial charge < -0.3 is 4.18 Å². The standard InChI is InChI=1S/C6H4F2O3S/c7-5-1-3-6(4-2-5)11-12(8,9)10/h1-4H. The molecule has 0 aliphatic heterocycles. The number of hydrogen-bond donors (Lipinski definition) is 0. The van der Waals surface area contributed by atoms with Crippen molar-refractivity contribution in [2.45, 2.75) is 0 Å². The van der Waals surface area contributed by atoms with Crippen molar-refractivity contribution in [3.63, 3.8) is 0 Å². The minimum atomic E-state index is -5.01. The fourth-order valence-corrected chi connectivity index (χ4v) is 0.946. The predicted octanol–water partition coefficient (Wildman–Crippen LogP) is 1.42. The first-order valence-electron chi connectivity index (χ1n) is 2.87. The van der Waals surface area contributed by atoms with Gasteiger partial charge in [-0.1, -0.05) is 3.89 Å². The summed E-state index contributed by atoms with van der Waals surface area (Å²) < 4.78 is 47.7. The molecule has 0 spiro atoms. The van der Waals surface area contributed by atoms with Crippen molar-refractivity contribution in [2.24, 2.45) is 0 Å². The van der Waals surface area contributed by atoms with E-state index in [9.17, 15) is 16.7 Å². The van der Waals surface area contributed by atoms with Gasteiger partial charge in [-0.2, -0.15) is 8.42 Å². The van der Waals surface area contributed by atoms with E-state index in [-0.39, 0.29) is 5.75 Å². The van der Waals surface area contributed by atoms with Gasteiger partial charge in [-0.3, -0.25) is 0 Å². The van der Waals surface area contributed by atoms with Crippen molar-refractivity contribution in [1.29, 1.82) is 0 Å². The molecule has 1 aromatic rings. The lowest BCUT2D eigenvalue weighted by Gasteiger charge is -1.97. The highest BCUT2D eigenvalue weighted by Crippen LogP contribution is 2.13. The second-order valence-electron chi connectivity index (χ2n) is 1.93. The first-order valence-corrected chi connectivity index (χ1v) is 4.18. The molecule has 0 atom stereocenters. The quantitative estimate of drug-likeness (QED) is 0.668. The van der Waals surface area contributed by atoms with E-state index in [2.05, 4.69) is 4.18 Å². The van der Waals surface area contributed by atoms with Crippen LogP contribution in [0.15, 0.2) is 24.3 Å². The van der Waals surface area contributed by atoms with Crippen LogP contribution in [0.4, 0.5) is 8.28 Å². The van der Waals surface area contributed by atoms with Crippen molar-refractivity contribution < 1.29 is 20.9 Å². The van der Waals surface area contributed by atoms with Gasteiger partial charge in [0.25, 0.3) is 0 Å². The van der Waals surface area contributed by atoms with Crippen molar-refractivity contribution in [1.82, 2.24) is 0 Å². The maximum absolute atomic E-state index is 12.2. The fraction of sp³-hybridized carbons (Fsp3) is 0. The summed E-state index contributed by atoms with van der Waals surface area (Å²) in [5, 5.41) is 0. The van der Waals surface area contributed by atoms with Crippen LogP contribution in [-0.2, 0) is 10.5 Å². The highest BCUT2D eigenvalue weighted by Gasteiger charge is 2.08. The SMILES string of the molecule is O=S(=O)(F)Oc1ccc(F)cc1. The Kier molecular flexibility index (Phi) is 2.27. The molecule has 0 N–H and O–H groups in total. The van der Waals surface area contributed by atoms with Gasteiger partial charge in [0.1, 0.15) is 11.6 Å². The Bertz CT molecular complexity index is 357. The molecule has 0 saturated carbocycles. The summed E-state index contributed by atoms with van der Waals surface area (Å²) in [7, 11) is -5.01. The summed E-state index contributed by atoms with van der Waals surface area (Å²) in [5.41, 5.74) is 0. The number of halogens is 2. The Morgan fingerprint density at radius 3 is 2.08 bits per heavy atom. The van der Waals surface area contributed by atoms with Gasteiger partial charge in [-0.05, 0) is 24.3 Å². The molecule has 6 heteroatoms. The van der Waals surface area contributed by atoms with Gasteiger partial charge in [0, 0.05) is 0 Å². The molecule has 0 bridgehead atoms. The highest BCUT2D eigenvalue weighted by atomic mass is 32.3. The predicted molar refractivity (Wildman–Crippen MR) is 37.1 cm³/mol. The minimum Gasteiger partial charge on any atom is -0.358 e. The Labute approximate surface area is 68.0 Å². The molecule has 1 rings (SSSR count). The monoisotopic (exact) mass is 194 g/mol. The van der Waals surface area contributed by atoms with Crippen LogP contribution in [0.5, 0.6) is 5.75 Å². The number of rotatable bonds is 2. The average molecular weight is 194 g/mol. The molecule has 1 aromatic carbocycles. The molecule has 66 valence electrons. The zero-order valence-corrected chi connectivity index (χ0v) is 6.51. The molecular weight excluding hydrogens is 190 g/mol. The van der Waals surface area contributed by atoms with Gasteiger partial charge >= 0.3 is 10.5 Å². The van der Waals surface area contributed by atoms with E-state index in [1.165, 1.54) is 0 Å². The molecular formula is C6H4F2O3S. The molecule has 0 unspecified atom stereocenters. The van der Waals surface area contributed by atoms with Crippen molar-refractivity contribution in [2.75, 3.05) is 0 Å². The van der Waals surface area contributed by atoms with E-state index in [4.69, 9.17) is 0 Å². The lowest BCUT2D eigenvalue weighted by atomic mass is 10.3. The van der Waals surface area contributed by atoms with Crippen molar-refractivity contribution >= 4 is 10.5 Å². The summed E-state index contributed by atoms with van der Waals surface area (Å²) in [6, 6.07) is 3.93. The third kappa shape index (κ3) is 2.83. The Hall–Kier alpha value is -1.17. The van der Waals surface area contributed by atoms with Crippen molar-refractivity contribution in [3.05, 3.63) is 30.1 Å². The van der Waals surface area contributed by atoms with Crippen LogP contribution in [0.25, 0.3) is 0 Å². The zero-order chi connectivity index (χ0) is 9.19. The van der Waals surface area contributed by atoms with Gasteiger partial charge in [0.15, 0.2) is 0 Å². The third-order valence-electron chi connectivity index (χ3n) is 1.01. The van der Waals surface area contributed by atoms with Crippen LogP contribution in [-0.4, -0.2) is 8.42 Å². The molecule has 0 heterocycles. The third-order valence-corrected chi connectivity index (χ3v) is 1.40. The van der Waals surface area contributed by atoms with Crippen LogP contribution in [0.3, 0.4) is 0 Å². The molecule has 0 aromatic heterocycles. The largest absolute Gasteiger partial charge is 0.488 e. The maximum Gasteiger partial charge on any atom is 0.488 e. The summed E-state index contributed by atoms with van der Waals surface area (Å²) >= 11 is 0. The number of hydrogen-bond acceptors (Lipinski definition) is 3. The molecule has 0 amide bonds. The molecule has 0 radical (unpaired) electrons.